The highest BCUT2D eigenvalue weighted by Gasteiger charge is 2.20. The molecule has 0 saturated carbocycles. The fraction of sp³-hybridized carbons (Fsp3) is 0.368. The van der Waals surface area contributed by atoms with Crippen molar-refractivity contribution in [3.05, 3.63) is 53.6 Å². The van der Waals surface area contributed by atoms with Gasteiger partial charge < -0.3 is 9.47 Å². The monoisotopic (exact) mass is 329 g/mol. The molecule has 4 heteroatoms. The van der Waals surface area contributed by atoms with Gasteiger partial charge >= 0.3 is 0 Å². The minimum absolute atomic E-state index is 0.161. The number of methoxy groups -OCH3 is 1. The lowest BCUT2D eigenvalue weighted by molar-refractivity contribution is 0.156. The number of fused-ring (bicyclic) bond motifs is 1. The highest BCUT2D eigenvalue weighted by atomic mass is 32.2. The van der Waals surface area contributed by atoms with Crippen molar-refractivity contribution in [2.24, 2.45) is 0 Å². The largest absolute Gasteiger partial charge is 0.497 e. The molecule has 1 heterocycles. The van der Waals surface area contributed by atoms with Crippen LogP contribution in [0, 0.1) is 0 Å². The fourth-order valence-corrected chi connectivity index (χ4v) is 3.34. The first kappa shape index (κ1) is 16.2. The highest BCUT2D eigenvalue weighted by Crippen LogP contribution is 2.30. The normalized spacial score (nSPS) is 18.0. The van der Waals surface area contributed by atoms with Crippen LogP contribution in [0.5, 0.6) is 11.5 Å². The smallest absolute Gasteiger partial charge is 0.127 e. The summed E-state index contributed by atoms with van der Waals surface area (Å²) < 4.78 is 11.4. The molecule has 0 N–H and O–H groups in total. The van der Waals surface area contributed by atoms with Crippen molar-refractivity contribution in [1.82, 2.24) is 4.90 Å². The first-order chi connectivity index (χ1) is 11.2. The third-order valence-electron chi connectivity index (χ3n) is 4.08. The molecular weight excluding hydrogens is 306 g/mol. The summed E-state index contributed by atoms with van der Waals surface area (Å²) in [5.74, 6) is 1.79. The number of thioether (sulfide) groups is 1. The van der Waals surface area contributed by atoms with E-state index in [0.717, 1.165) is 31.1 Å². The van der Waals surface area contributed by atoms with E-state index in [1.807, 2.05) is 12.1 Å². The van der Waals surface area contributed by atoms with Crippen LogP contribution in [0.15, 0.2) is 47.4 Å². The molecule has 0 spiro atoms. The molecule has 122 valence electrons. The van der Waals surface area contributed by atoms with Gasteiger partial charge in [-0.25, -0.2) is 0 Å². The number of ether oxygens (including phenoxy) is 2. The van der Waals surface area contributed by atoms with Gasteiger partial charge in [-0.15, -0.1) is 11.8 Å². The summed E-state index contributed by atoms with van der Waals surface area (Å²) in [7, 11) is 1.69. The Morgan fingerprint density at radius 3 is 2.70 bits per heavy atom. The van der Waals surface area contributed by atoms with Gasteiger partial charge in [-0.1, -0.05) is 18.2 Å². The lowest BCUT2D eigenvalue weighted by atomic mass is 10.1. The number of benzene rings is 2. The lowest BCUT2D eigenvalue weighted by Gasteiger charge is -2.22. The van der Waals surface area contributed by atoms with Crippen molar-refractivity contribution in [1.29, 1.82) is 0 Å². The minimum atomic E-state index is 0.161. The molecule has 0 amide bonds. The summed E-state index contributed by atoms with van der Waals surface area (Å²) in [5, 5.41) is 0. The van der Waals surface area contributed by atoms with Crippen LogP contribution in [-0.4, -0.2) is 30.9 Å². The molecule has 2 aromatic rings. The number of nitrogens with zero attached hydrogens (tertiary/aromatic N) is 1. The molecule has 0 fully saturated rings. The van der Waals surface area contributed by atoms with Crippen molar-refractivity contribution >= 4 is 11.8 Å². The molecular formula is C19H23NO2S. The zero-order valence-corrected chi connectivity index (χ0v) is 14.7. The first-order valence-electron chi connectivity index (χ1n) is 7.87. The van der Waals surface area contributed by atoms with Crippen molar-refractivity contribution < 1.29 is 9.47 Å². The summed E-state index contributed by atoms with van der Waals surface area (Å²) in [6, 6.07) is 14.9. The molecule has 3 rings (SSSR count). The summed E-state index contributed by atoms with van der Waals surface area (Å²) in [4.78, 5) is 3.75. The van der Waals surface area contributed by atoms with Crippen LogP contribution in [0.2, 0.25) is 0 Å². The summed E-state index contributed by atoms with van der Waals surface area (Å²) in [6.45, 7) is 4.88. The van der Waals surface area contributed by atoms with E-state index >= 15 is 0 Å². The Balaban J connectivity index is 1.77. The SMILES string of the molecule is COc1ccc2c(c1)OC(C)CN(Cc1ccc(SC)cc1)C2. The van der Waals surface area contributed by atoms with E-state index < -0.39 is 0 Å². The Morgan fingerprint density at radius 1 is 1.22 bits per heavy atom. The second-order valence-electron chi connectivity index (χ2n) is 5.92. The second-order valence-corrected chi connectivity index (χ2v) is 6.80. The summed E-state index contributed by atoms with van der Waals surface area (Å²) in [6.07, 6.45) is 2.27. The Labute approximate surface area is 142 Å². The van der Waals surface area contributed by atoms with Gasteiger partial charge in [0, 0.05) is 36.2 Å². The Bertz CT molecular complexity index is 657. The third kappa shape index (κ3) is 4.01. The average molecular weight is 329 g/mol. The molecule has 23 heavy (non-hydrogen) atoms. The van der Waals surface area contributed by atoms with Crippen LogP contribution in [0.3, 0.4) is 0 Å². The van der Waals surface area contributed by atoms with Crippen molar-refractivity contribution in [2.75, 3.05) is 19.9 Å². The molecule has 2 aromatic carbocycles. The number of hydrogen-bond donors (Lipinski definition) is 0. The van der Waals surface area contributed by atoms with Crippen molar-refractivity contribution in [3.8, 4) is 11.5 Å². The van der Waals surface area contributed by atoms with Crippen LogP contribution in [-0.2, 0) is 13.1 Å². The van der Waals surface area contributed by atoms with Crippen LogP contribution in [0.1, 0.15) is 18.1 Å². The van der Waals surface area contributed by atoms with Gasteiger partial charge in [-0.2, -0.15) is 0 Å². The Hall–Kier alpha value is -1.65. The lowest BCUT2D eigenvalue weighted by Crippen LogP contribution is -2.30. The number of rotatable bonds is 4. The maximum Gasteiger partial charge on any atom is 0.127 e. The molecule has 1 aliphatic heterocycles. The van der Waals surface area contributed by atoms with Gasteiger partial charge in [-0.05, 0) is 36.9 Å². The second kappa shape index (κ2) is 7.28. The van der Waals surface area contributed by atoms with E-state index in [1.54, 1.807) is 18.9 Å². The Morgan fingerprint density at radius 2 is 2.00 bits per heavy atom. The van der Waals surface area contributed by atoms with Crippen molar-refractivity contribution in [2.45, 2.75) is 31.0 Å². The molecule has 0 saturated heterocycles. The van der Waals surface area contributed by atoms with E-state index in [4.69, 9.17) is 9.47 Å². The molecule has 0 aliphatic carbocycles. The first-order valence-corrected chi connectivity index (χ1v) is 9.09. The van der Waals surface area contributed by atoms with Crippen LogP contribution < -0.4 is 9.47 Å². The van der Waals surface area contributed by atoms with Crippen molar-refractivity contribution in [3.63, 3.8) is 0 Å². The molecule has 1 atom stereocenters. The van der Waals surface area contributed by atoms with E-state index in [1.165, 1.54) is 16.0 Å². The third-order valence-corrected chi connectivity index (χ3v) is 4.82. The van der Waals surface area contributed by atoms with Gasteiger partial charge in [0.25, 0.3) is 0 Å². The van der Waals surface area contributed by atoms with Gasteiger partial charge in [-0.3, -0.25) is 4.90 Å². The van der Waals surface area contributed by atoms with Gasteiger partial charge in [0.15, 0.2) is 0 Å². The fourth-order valence-electron chi connectivity index (χ4n) is 2.93. The zero-order chi connectivity index (χ0) is 16.2. The van der Waals surface area contributed by atoms with Gasteiger partial charge in [0.05, 0.1) is 7.11 Å². The molecule has 3 nitrogen and oxygen atoms in total. The predicted molar refractivity (Wildman–Crippen MR) is 95.4 cm³/mol. The van der Waals surface area contributed by atoms with Crippen LogP contribution in [0.4, 0.5) is 0 Å². The quantitative estimate of drug-likeness (QED) is 0.784. The van der Waals surface area contributed by atoms with Crippen LogP contribution in [0.25, 0.3) is 0 Å². The molecule has 0 radical (unpaired) electrons. The van der Waals surface area contributed by atoms with Crippen LogP contribution >= 0.6 is 11.8 Å². The van der Waals surface area contributed by atoms with Gasteiger partial charge in [0.2, 0.25) is 0 Å². The molecule has 0 aromatic heterocycles. The standard InChI is InChI=1S/C19H23NO2S/c1-14-11-20(12-15-4-8-18(23-3)9-5-15)13-16-6-7-17(21-2)10-19(16)22-14/h4-10,14H,11-13H2,1-3H3. The highest BCUT2D eigenvalue weighted by molar-refractivity contribution is 7.98. The number of hydrogen-bond acceptors (Lipinski definition) is 4. The topological polar surface area (TPSA) is 21.7 Å². The summed E-state index contributed by atoms with van der Waals surface area (Å²) in [5.41, 5.74) is 2.56. The van der Waals surface area contributed by atoms with E-state index in [-0.39, 0.29) is 6.10 Å². The Kier molecular flexibility index (Phi) is 5.13. The maximum absolute atomic E-state index is 6.08. The zero-order valence-electron chi connectivity index (χ0n) is 13.9. The van der Waals surface area contributed by atoms with Gasteiger partial charge in [0.1, 0.15) is 17.6 Å². The predicted octanol–water partition coefficient (Wildman–Crippen LogP) is 4.20. The molecule has 1 aliphatic rings. The van der Waals surface area contributed by atoms with E-state index in [0.29, 0.717) is 0 Å². The molecule has 1 unspecified atom stereocenters. The average Bonchev–Trinajstić information content (AvgIpc) is 2.72. The summed E-state index contributed by atoms with van der Waals surface area (Å²) >= 11 is 1.78. The minimum Gasteiger partial charge on any atom is -0.497 e. The van der Waals surface area contributed by atoms with E-state index in [2.05, 4.69) is 48.4 Å². The van der Waals surface area contributed by atoms with E-state index in [9.17, 15) is 0 Å². The molecule has 0 bridgehead atoms. The maximum atomic E-state index is 6.08.